The maximum Gasteiger partial charge on any atom is 0.306 e. The summed E-state index contributed by atoms with van der Waals surface area (Å²) in [4.78, 5) is 12.9. The van der Waals surface area contributed by atoms with Crippen molar-refractivity contribution in [3.8, 4) is 0 Å². The Balaban J connectivity index is 2.15. The molecule has 0 aliphatic carbocycles. The number of hydrogen-bond acceptors (Lipinski definition) is 9. The van der Waals surface area contributed by atoms with Crippen molar-refractivity contribution in [3.05, 3.63) is 109 Å². The highest BCUT2D eigenvalue weighted by Gasteiger charge is 2.44. The average Bonchev–Trinajstić information content (AvgIpc) is 3.40. The van der Waals surface area contributed by atoms with E-state index in [1.165, 1.54) is 122 Å². The zero-order valence-electron chi connectivity index (χ0n) is 47.1. The van der Waals surface area contributed by atoms with E-state index in [0.29, 0.717) is 13.0 Å². The smallest absolute Gasteiger partial charge is 0.306 e. The maximum absolute atomic E-state index is 12.9. The van der Waals surface area contributed by atoms with Gasteiger partial charge in [0.05, 0.1) is 19.8 Å². The molecule has 9 nitrogen and oxygen atoms in total. The lowest BCUT2D eigenvalue weighted by Gasteiger charge is -2.39. The van der Waals surface area contributed by atoms with Gasteiger partial charge in [0.25, 0.3) is 0 Å². The lowest BCUT2D eigenvalue weighted by molar-refractivity contribution is -0.305. The van der Waals surface area contributed by atoms with Crippen LogP contribution in [0.15, 0.2) is 109 Å². The molecule has 1 heterocycles. The van der Waals surface area contributed by atoms with Gasteiger partial charge >= 0.3 is 5.97 Å². The first kappa shape index (κ1) is 68.9. The van der Waals surface area contributed by atoms with E-state index in [1.807, 2.05) is 0 Å². The standard InChI is InChI=1S/C65H110O9/c1-3-5-7-9-11-13-15-17-19-21-23-25-27-29-31-33-35-37-39-41-43-45-47-49-51-53-55-71-57-59(58-72-65-64(70)63(69)62(68)60(56-66)74-65)73-61(67)54-52-50-48-46-44-42-40-38-36-34-32-30-28-26-24-22-20-18-16-14-12-10-8-6-4-2/h5-8,11-14,17-20,23-26,29,31,59-60,62-66,68-70H,3-4,9-10,15-16,21-22,27-28,30,32-58H2,1-2H3/b7-5-,8-6-,13-11-,14-12-,19-17-,20-18-,25-23-,26-24-,31-29-. The maximum atomic E-state index is 12.9. The lowest BCUT2D eigenvalue weighted by Crippen LogP contribution is -2.59. The normalized spacial score (nSPS) is 19.4. The van der Waals surface area contributed by atoms with E-state index < -0.39 is 43.4 Å². The van der Waals surface area contributed by atoms with Crippen LogP contribution in [0.5, 0.6) is 0 Å². The fraction of sp³-hybridized carbons (Fsp3) is 0.708. The number of hydrogen-bond donors (Lipinski definition) is 4. The second kappa shape index (κ2) is 54.6. The zero-order valence-corrected chi connectivity index (χ0v) is 47.1. The molecule has 424 valence electrons. The summed E-state index contributed by atoms with van der Waals surface area (Å²) in [5, 5.41) is 40.4. The Morgan fingerprint density at radius 2 is 0.784 bits per heavy atom. The van der Waals surface area contributed by atoms with Crippen LogP contribution in [0, 0.1) is 0 Å². The summed E-state index contributed by atoms with van der Waals surface area (Å²) in [5.41, 5.74) is 0. The van der Waals surface area contributed by atoms with Crippen LogP contribution < -0.4 is 0 Å². The number of carbonyl (C=O) groups excluding carboxylic acids is 1. The molecule has 1 aliphatic rings. The third kappa shape index (κ3) is 44.0. The molecule has 0 aromatic rings. The van der Waals surface area contributed by atoms with E-state index in [-0.39, 0.29) is 19.2 Å². The predicted octanol–water partition coefficient (Wildman–Crippen LogP) is 16.0. The third-order valence-corrected chi connectivity index (χ3v) is 13.2. The quantitative estimate of drug-likeness (QED) is 0.0267. The van der Waals surface area contributed by atoms with Crippen LogP contribution in [0.25, 0.3) is 0 Å². The zero-order chi connectivity index (χ0) is 53.5. The Morgan fingerprint density at radius 1 is 0.432 bits per heavy atom. The Labute approximate surface area is 453 Å². The van der Waals surface area contributed by atoms with Gasteiger partial charge in [0.15, 0.2) is 6.29 Å². The molecule has 4 N–H and O–H groups in total. The number of aliphatic hydroxyl groups is 4. The molecule has 0 amide bonds. The molecular weight excluding hydrogens is 925 g/mol. The summed E-state index contributed by atoms with van der Waals surface area (Å²) >= 11 is 0. The van der Waals surface area contributed by atoms with Gasteiger partial charge in [-0.2, -0.15) is 0 Å². The summed E-state index contributed by atoms with van der Waals surface area (Å²) in [6.07, 6.45) is 71.3. The van der Waals surface area contributed by atoms with Crippen LogP contribution in [0.4, 0.5) is 0 Å². The van der Waals surface area contributed by atoms with Crippen LogP contribution in [0.3, 0.4) is 0 Å². The van der Waals surface area contributed by atoms with Crippen molar-refractivity contribution in [2.45, 2.75) is 269 Å². The highest BCUT2D eigenvalue weighted by atomic mass is 16.7. The second-order valence-electron chi connectivity index (χ2n) is 20.0. The molecule has 74 heavy (non-hydrogen) atoms. The number of esters is 1. The fourth-order valence-corrected chi connectivity index (χ4v) is 8.63. The number of carbonyl (C=O) groups is 1. The number of allylic oxidation sites excluding steroid dienone is 18. The monoisotopic (exact) mass is 1030 g/mol. The van der Waals surface area contributed by atoms with Crippen LogP contribution >= 0.6 is 0 Å². The van der Waals surface area contributed by atoms with Crippen molar-refractivity contribution in [2.24, 2.45) is 0 Å². The number of rotatable bonds is 51. The van der Waals surface area contributed by atoms with Crippen LogP contribution in [-0.4, -0.2) is 89.6 Å². The number of unbranched alkanes of at least 4 members (excludes halogenated alkanes) is 22. The molecule has 0 bridgehead atoms. The Bertz CT molecular complexity index is 1510. The van der Waals surface area contributed by atoms with Crippen molar-refractivity contribution < 1.29 is 44.2 Å². The number of aliphatic hydroxyl groups excluding tert-OH is 4. The minimum absolute atomic E-state index is 0.121. The molecule has 1 rings (SSSR count). The van der Waals surface area contributed by atoms with E-state index >= 15 is 0 Å². The second-order valence-corrected chi connectivity index (χ2v) is 20.0. The molecule has 0 radical (unpaired) electrons. The predicted molar refractivity (Wildman–Crippen MR) is 311 cm³/mol. The van der Waals surface area contributed by atoms with Gasteiger partial charge < -0.3 is 39.4 Å². The molecule has 0 spiro atoms. The average molecular weight is 1040 g/mol. The Morgan fingerprint density at radius 3 is 1.18 bits per heavy atom. The van der Waals surface area contributed by atoms with Gasteiger partial charge in [-0.05, 0) is 96.3 Å². The van der Waals surface area contributed by atoms with Crippen molar-refractivity contribution in [1.29, 1.82) is 0 Å². The SMILES string of the molecule is CC/C=C\C/C=C\C/C=C\C/C=C\C/C=C\CCCCCCCCCCCCOCC(COC1OC(CO)C(O)C(O)C1O)OC(=O)CCCCCCCCCCCCCC/C=C\C/C=C\C/C=C\C/C=C\CC. The van der Waals surface area contributed by atoms with Crippen molar-refractivity contribution in [1.82, 2.24) is 0 Å². The van der Waals surface area contributed by atoms with Crippen molar-refractivity contribution in [2.75, 3.05) is 26.4 Å². The molecule has 0 aromatic heterocycles. The summed E-state index contributed by atoms with van der Waals surface area (Å²) in [5.74, 6) is -0.320. The topological polar surface area (TPSA) is 135 Å². The minimum Gasteiger partial charge on any atom is -0.457 e. The number of ether oxygens (including phenoxy) is 4. The van der Waals surface area contributed by atoms with Gasteiger partial charge in [-0.15, -0.1) is 0 Å². The highest BCUT2D eigenvalue weighted by Crippen LogP contribution is 2.23. The van der Waals surface area contributed by atoms with E-state index in [4.69, 9.17) is 18.9 Å². The third-order valence-electron chi connectivity index (χ3n) is 13.2. The van der Waals surface area contributed by atoms with Crippen LogP contribution in [-0.2, 0) is 23.7 Å². The molecule has 1 fully saturated rings. The Hall–Kier alpha value is -3.15. The van der Waals surface area contributed by atoms with Crippen LogP contribution in [0.1, 0.15) is 232 Å². The summed E-state index contributed by atoms with van der Waals surface area (Å²) in [7, 11) is 0. The summed E-state index contributed by atoms with van der Waals surface area (Å²) in [6.45, 7) is 4.33. The van der Waals surface area contributed by atoms with E-state index in [9.17, 15) is 25.2 Å². The molecule has 6 unspecified atom stereocenters. The lowest BCUT2D eigenvalue weighted by atomic mass is 9.99. The Kier molecular flexibility index (Phi) is 50.8. The summed E-state index contributed by atoms with van der Waals surface area (Å²) in [6, 6.07) is 0. The molecule has 9 heteroatoms. The van der Waals surface area contributed by atoms with Gasteiger partial charge in [0.2, 0.25) is 0 Å². The first-order valence-electron chi connectivity index (χ1n) is 30.0. The van der Waals surface area contributed by atoms with E-state index in [2.05, 4.69) is 123 Å². The minimum atomic E-state index is -1.54. The van der Waals surface area contributed by atoms with Crippen molar-refractivity contribution in [3.63, 3.8) is 0 Å². The molecule has 6 atom stereocenters. The van der Waals surface area contributed by atoms with E-state index in [0.717, 1.165) is 89.9 Å². The van der Waals surface area contributed by atoms with Gasteiger partial charge in [-0.25, -0.2) is 0 Å². The van der Waals surface area contributed by atoms with Gasteiger partial charge in [-0.3, -0.25) is 4.79 Å². The molecular formula is C65H110O9. The first-order valence-corrected chi connectivity index (χ1v) is 30.0. The van der Waals surface area contributed by atoms with E-state index in [1.54, 1.807) is 0 Å². The first-order chi connectivity index (χ1) is 36.4. The van der Waals surface area contributed by atoms with Crippen molar-refractivity contribution >= 4 is 5.97 Å². The van der Waals surface area contributed by atoms with Gasteiger partial charge in [-0.1, -0.05) is 239 Å². The summed E-state index contributed by atoms with van der Waals surface area (Å²) < 4.78 is 23.0. The highest BCUT2D eigenvalue weighted by molar-refractivity contribution is 5.69. The van der Waals surface area contributed by atoms with Gasteiger partial charge in [0.1, 0.15) is 30.5 Å². The van der Waals surface area contributed by atoms with Gasteiger partial charge in [0, 0.05) is 13.0 Å². The largest absolute Gasteiger partial charge is 0.457 e. The fourth-order valence-electron chi connectivity index (χ4n) is 8.63. The molecule has 1 saturated heterocycles. The molecule has 1 aliphatic heterocycles. The molecule has 0 aromatic carbocycles. The molecule has 0 saturated carbocycles. The van der Waals surface area contributed by atoms with Crippen LogP contribution in [0.2, 0.25) is 0 Å².